The zero-order chi connectivity index (χ0) is 14.4. The second-order valence-electron chi connectivity index (χ2n) is 4.88. The minimum Gasteiger partial charge on any atom is -0.389 e. The summed E-state index contributed by atoms with van der Waals surface area (Å²) in [4.78, 5) is 16.1. The number of amides is 1. The molecule has 2 rings (SSSR count). The molecule has 1 aliphatic heterocycles. The van der Waals surface area contributed by atoms with Crippen LogP contribution >= 0.6 is 0 Å². The maximum atomic E-state index is 12.1. The van der Waals surface area contributed by atoms with Gasteiger partial charge < -0.3 is 14.7 Å². The molecule has 0 spiro atoms. The van der Waals surface area contributed by atoms with Gasteiger partial charge in [0, 0.05) is 45.5 Å². The Morgan fingerprint density at radius 1 is 1.50 bits per heavy atom. The van der Waals surface area contributed by atoms with E-state index in [2.05, 4.69) is 15.1 Å². The first-order chi connectivity index (χ1) is 9.70. The lowest BCUT2D eigenvalue weighted by Crippen LogP contribution is -2.50. The Kier molecular flexibility index (Phi) is 5.51. The number of aromatic amines is 1. The zero-order valence-electron chi connectivity index (χ0n) is 11.8. The molecule has 7 heteroatoms. The number of rotatable bonds is 6. The number of aromatic nitrogens is 2. The third-order valence-corrected chi connectivity index (χ3v) is 3.37. The molecular formula is C13H22N4O3. The van der Waals surface area contributed by atoms with Gasteiger partial charge in [0.25, 0.3) is 5.91 Å². The van der Waals surface area contributed by atoms with E-state index >= 15 is 0 Å². The Labute approximate surface area is 118 Å². The van der Waals surface area contributed by atoms with Crippen LogP contribution < -0.4 is 0 Å². The average molecular weight is 282 g/mol. The third kappa shape index (κ3) is 4.03. The fourth-order valence-electron chi connectivity index (χ4n) is 2.28. The van der Waals surface area contributed by atoms with Crippen LogP contribution in [0.15, 0.2) is 12.3 Å². The number of piperazine rings is 1. The lowest BCUT2D eigenvalue weighted by atomic mass is 10.2. The van der Waals surface area contributed by atoms with Crippen molar-refractivity contribution >= 4 is 5.91 Å². The number of H-pyrrole nitrogens is 1. The largest absolute Gasteiger partial charge is 0.389 e. The molecule has 1 aromatic heterocycles. The number of nitrogens with zero attached hydrogens (tertiary/aromatic N) is 3. The van der Waals surface area contributed by atoms with E-state index in [0.717, 1.165) is 13.1 Å². The van der Waals surface area contributed by atoms with Crippen molar-refractivity contribution in [2.75, 3.05) is 45.9 Å². The number of aliphatic hydroxyl groups is 1. The Bertz CT molecular complexity index is 402. The van der Waals surface area contributed by atoms with Gasteiger partial charge >= 0.3 is 0 Å². The topological polar surface area (TPSA) is 81.7 Å². The minimum atomic E-state index is -0.468. The number of aliphatic hydroxyl groups excluding tert-OH is 1. The minimum absolute atomic E-state index is 0.0167. The molecule has 0 aliphatic carbocycles. The molecule has 0 unspecified atom stereocenters. The van der Waals surface area contributed by atoms with E-state index in [-0.39, 0.29) is 5.91 Å². The number of hydrogen-bond acceptors (Lipinski definition) is 5. The van der Waals surface area contributed by atoms with Gasteiger partial charge in [-0.1, -0.05) is 0 Å². The normalized spacial score (nSPS) is 18.2. The van der Waals surface area contributed by atoms with E-state index in [1.807, 2.05) is 6.92 Å². The van der Waals surface area contributed by atoms with E-state index < -0.39 is 6.10 Å². The molecule has 1 atom stereocenters. The van der Waals surface area contributed by atoms with Gasteiger partial charge in [-0.3, -0.25) is 14.8 Å². The van der Waals surface area contributed by atoms with Gasteiger partial charge in [0.2, 0.25) is 0 Å². The summed E-state index contributed by atoms with van der Waals surface area (Å²) in [5.41, 5.74) is 0.523. The summed E-state index contributed by atoms with van der Waals surface area (Å²) in [7, 11) is 0. The Balaban J connectivity index is 1.73. The molecule has 0 aromatic carbocycles. The van der Waals surface area contributed by atoms with Crippen molar-refractivity contribution in [3.8, 4) is 0 Å². The number of ether oxygens (including phenoxy) is 1. The first kappa shape index (κ1) is 15.0. The van der Waals surface area contributed by atoms with Crippen molar-refractivity contribution in [3.05, 3.63) is 18.0 Å². The van der Waals surface area contributed by atoms with E-state index in [0.29, 0.717) is 38.5 Å². The highest BCUT2D eigenvalue weighted by atomic mass is 16.5. The van der Waals surface area contributed by atoms with Gasteiger partial charge in [0.1, 0.15) is 5.69 Å². The maximum absolute atomic E-state index is 12.1. The van der Waals surface area contributed by atoms with Crippen molar-refractivity contribution in [1.82, 2.24) is 20.0 Å². The van der Waals surface area contributed by atoms with Crippen LogP contribution in [0.3, 0.4) is 0 Å². The van der Waals surface area contributed by atoms with Crippen molar-refractivity contribution in [2.24, 2.45) is 0 Å². The van der Waals surface area contributed by atoms with Crippen LogP contribution in [0, 0.1) is 0 Å². The molecule has 0 saturated carbocycles. The molecule has 2 heterocycles. The average Bonchev–Trinajstić information content (AvgIpc) is 2.99. The number of carbonyl (C=O) groups excluding carboxylic acids is 1. The summed E-state index contributed by atoms with van der Waals surface area (Å²) in [6.45, 7) is 6.34. The molecule has 7 nitrogen and oxygen atoms in total. The van der Waals surface area contributed by atoms with E-state index in [4.69, 9.17) is 4.74 Å². The van der Waals surface area contributed by atoms with Crippen LogP contribution in [0.4, 0.5) is 0 Å². The van der Waals surface area contributed by atoms with Crippen LogP contribution in [0.1, 0.15) is 17.4 Å². The number of nitrogens with one attached hydrogen (secondary N) is 1. The molecule has 112 valence electrons. The molecular weight excluding hydrogens is 260 g/mol. The van der Waals surface area contributed by atoms with Gasteiger partial charge in [-0.15, -0.1) is 0 Å². The lowest BCUT2D eigenvalue weighted by molar-refractivity contribution is 0.0110. The number of carbonyl (C=O) groups is 1. The van der Waals surface area contributed by atoms with E-state index in [1.165, 1.54) is 0 Å². The third-order valence-electron chi connectivity index (χ3n) is 3.37. The van der Waals surface area contributed by atoms with Gasteiger partial charge in [0.15, 0.2) is 0 Å². The SMILES string of the molecule is CCOC[C@@H](O)CN1CCN(C(=O)c2ccn[nH]2)CC1. The molecule has 1 aliphatic rings. The van der Waals surface area contributed by atoms with Crippen LogP contribution in [0.5, 0.6) is 0 Å². The summed E-state index contributed by atoms with van der Waals surface area (Å²) in [6.07, 6.45) is 1.11. The van der Waals surface area contributed by atoms with Crippen LogP contribution in [-0.4, -0.2) is 83.1 Å². The first-order valence-corrected chi connectivity index (χ1v) is 6.97. The van der Waals surface area contributed by atoms with Crippen LogP contribution in [-0.2, 0) is 4.74 Å². The molecule has 0 radical (unpaired) electrons. The van der Waals surface area contributed by atoms with Crippen molar-refractivity contribution in [1.29, 1.82) is 0 Å². The Morgan fingerprint density at radius 2 is 2.25 bits per heavy atom. The highest BCUT2D eigenvalue weighted by molar-refractivity contribution is 5.92. The first-order valence-electron chi connectivity index (χ1n) is 6.97. The summed E-state index contributed by atoms with van der Waals surface area (Å²) in [5.74, 6) is -0.0167. The lowest BCUT2D eigenvalue weighted by Gasteiger charge is -2.35. The van der Waals surface area contributed by atoms with Crippen LogP contribution in [0.2, 0.25) is 0 Å². The second-order valence-corrected chi connectivity index (χ2v) is 4.88. The van der Waals surface area contributed by atoms with Gasteiger partial charge in [-0.2, -0.15) is 5.10 Å². The van der Waals surface area contributed by atoms with E-state index in [9.17, 15) is 9.90 Å². The molecule has 1 saturated heterocycles. The second kappa shape index (κ2) is 7.37. The van der Waals surface area contributed by atoms with Crippen molar-refractivity contribution in [3.63, 3.8) is 0 Å². The quantitative estimate of drug-likeness (QED) is 0.739. The Hall–Kier alpha value is -1.44. The molecule has 2 N–H and O–H groups in total. The van der Waals surface area contributed by atoms with Crippen molar-refractivity contribution < 1.29 is 14.6 Å². The van der Waals surface area contributed by atoms with E-state index in [1.54, 1.807) is 17.2 Å². The summed E-state index contributed by atoms with van der Waals surface area (Å²) in [6, 6.07) is 1.68. The predicted molar refractivity (Wildman–Crippen MR) is 73.4 cm³/mol. The van der Waals surface area contributed by atoms with Crippen LogP contribution in [0.25, 0.3) is 0 Å². The molecule has 1 aromatic rings. The number of β-amino-alcohol motifs (C(OH)–C–C–N with tert-alkyl or cyclic N) is 1. The number of hydrogen-bond donors (Lipinski definition) is 2. The van der Waals surface area contributed by atoms with Gasteiger partial charge in [0.05, 0.1) is 12.7 Å². The maximum Gasteiger partial charge on any atom is 0.271 e. The highest BCUT2D eigenvalue weighted by Gasteiger charge is 2.23. The van der Waals surface area contributed by atoms with Gasteiger partial charge in [-0.25, -0.2) is 0 Å². The monoisotopic (exact) mass is 282 g/mol. The summed E-state index contributed by atoms with van der Waals surface area (Å²) < 4.78 is 5.19. The molecule has 20 heavy (non-hydrogen) atoms. The molecule has 1 fully saturated rings. The Morgan fingerprint density at radius 3 is 2.85 bits per heavy atom. The smallest absolute Gasteiger partial charge is 0.271 e. The van der Waals surface area contributed by atoms with Crippen molar-refractivity contribution in [2.45, 2.75) is 13.0 Å². The standard InChI is InChI=1S/C13H22N4O3/c1-2-20-10-11(18)9-16-5-7-17(8-6-16)13(19)12-3-4-14-15-12/h3-4,11,18H,2,5-10H2,1H3,(H,14,15)/t11-/m0/s1. The summed E-state index contributed by atoms with van der Waals surface area (Å²) >= 11 is 0. The fourth-order valence-corrected chi connectivity index (χ4v) is 2.28. The summed E-state index contributed by atoms with van der Waals surface area (Å²) in [5, 5.41) is 16.3. The fraction of sp³-hybridized carbons (Fsp3) is 0.692. The van der Waals surface area contributed by atoms with Gasteiger partial charge in [-0.05, 0) is 13.0 Å². The predicted octanol–water partition coefficient (Wildman–Crippen LogP) is -0.435. The highest BCUT2D eigenvalue weighted by Crippen LogP contribution is 2.07. The zero-order valence-corrected chi connectivity index (χ0v) is 11.8. The molecule has 1 amide bonds. The molecule has 0 bridgehead atoms.